The quantitative estimate of drug-likeness (QED) is 0.908. The van der Waals surface area contributed by atoms with Crippen molar-refractivity contribution in [3.63, 3.8) is 0 Å². The van der Waals surface area contributed by atoms with E-state index in [0.717, 1.165) is 12.2 Å². The molecule has 5 heteroatoms. The number of benzene rings is 1. The van der Waals surface area contributed by atoms with Gasteiger partial charge < -0.3 is 10.5 Å². The van der Waals surface area contributed by atoms with Crippen molar-refractivity contribution < 1.29 is 4.74 Å². The fourth-order valence-electron chi connectivity index (χ4n) is 1.75. The van der Waals surface area contributed by atoms with Crippen molar-refractivity contribution >= 4 is 17.4 Å². The molecule has 1 atom stereocenters. The monoisotopic (exact) mass is 279 g/mol. The van der Waals surface area contributed by atoms with Crippen LogP contribution < -0.4 is 10.5 Å². The molecule has 2 rings (SSSR count). The molecule has 19 heavy (non-hydrogen) atoms. The number of nitrogens with two attached hydrogens (primary N) is 1. The molecule has 0 saturated heterocycles. The molecule has 0 amide bonds. The van der Waals surface area contributed by atoms with Gasteiger partial charge in [0, 0.05) is 6.20 Å². The number of aromatic nitrogens is 2. The highest BCUT2D eigenvalue weighted by Gasteiger charge is 2.04. The van der Waals surface area contributed by atoms with Crippen molar-refractivity contribution in [1.29, 1.82) is 0 Å². The van der Waals surface area contributed by atoms with E-state index in [9.17, 15) is 0 Å². The Labute approximate surface area is 118 Å². The molecule has 2 N–H and O–H groups in total. The molecule has 1 unspecified atom stereocenters. The van der Waals surface area contributed by atoms with Crippen LogP contribution in [0.25, 0.3) is 0 Å². The molecule has 0 radical (unpaired) electrons. The zero-order chi connectivity index (χ0) is 13.8. The van der Waals surface area contributed by atoms with Crippen molar-refractivity contribution in [2.75, 3.05) is 5.73 Å². The lowest BCUT2D eigenvalue weighted by molar-refractivity contribution is 0.221. The smallest absolute Gasteiger partial charge is 0.181 e. The molecule has 0 spiro atoms. The van der Waals surface area contributed by atoms with Crippen LogP contribution in [0, 0.1) is 0 Å². The summed E-state index contributed by atoms with van der Waals surface area (Å²) in [4.78, 5) is 0. The first kappa shape index (κ1) is 13.7. The van der Waals surface area contributed by atoms with Crippen LogP contribution in [0.1, 0.15) is 31.7 Å². The predicted molar refractivity (Wildman–Crippen MR) is 77.4 cm³/mol. The summed E-state index contributed by atoms with van der Waals surface area (Å²) >= 11 is 5.82. The second kappa shape index (κ2) is 5.97. The fourth-order valence-corrected chi connectivity index (χ4v) is 1.90. The molecule has 0 saturated carbocycles. The predicted octanol–water partition coefficient (Wildman–Crippen LogP) is 3.67. The normalized spacial score (nSPS) is 12.4. The van der Waals surface area contributed by atoms with Gasteiger partial charge in [-0.1, -0.05) is 37.6 Å². The van der Waals surface area contributed by atoms with Crippen molar-refractivity contribution in [1.82, 2.24) is 9.78 Å². The van der Waals surface area contributed by atoms with Crippen LogP contribution in [0.4, 0.5) is 5.82 Å². The number of nitrogens with zero attached hydrogens (tertiary/aromatic N) is 2. The summed E-state index contributed by atoms with van der Waals surface area (Å²) in [6, 6.07) is 8.12. The Morgan fingerprint density at radius 1 is 1.37 bits per heavy atom. The lowest BCUT2D eigenvalue weighted by Crippen LogP contribution is -2.06. The minimum atomic E-state index is 0.291. The molecule has 102 valence electrons. The van der Waals surface area contributed by atoms with E-state index < -0.39 is 0 Å². The minimum absolute atomic E-state index is 0.291. The number of hydrogen-bond acceptors (Lipinski definition) is 3. The van der Waals surface area contributed by atoms with Crippen molar-refractivity contribution in [2.45, 2.75) is 32.9 Å². The van der Waals surface area contributed by atoms with Gasteiger partial charge in [0.2, 0.25) is 0 Å². The fraction of sp³-hybridized carbons (Fsp3) is 0.357. The van der Waals surface area contributed by atoms with Crippen LogP contribution >= 0.6 is 11.6 Å². The van der Waals surface area contributed by atoms with E-state index >= 15 is 0 Å². The van der Waals surface area contributed by atoms with Gasteiger partial charge in [0.25, 0.3) is 0 Å². The highest BCUT2D eigenvalue weighted by atomic mass is 35.5. The Balaban J connectivity index is 1.96. The first-order valence-electron chi connectivity index (χ1n) is 6.31. The highest BCUT2D eigenvalue weighted by Crippen LogP contribution is 2.22. The number of halogens is 1. The molecule has 0 aliphatic rings. The van der Waals surface area contributed by atoms with E-state index in [1.165, 1.54) is 5.56 Å². The Morgan fingerprint density at radius 3 is 2.58 bits per heavy atom. The van der Waals surface area contributed by atoms with E-state index in [-0.39, 0.29) is 0 Å². The summed E-state index contributed by atoms with van der Waals surface area (Å²) in [6.07, 6.45) is 2.77. The largest absolute Gasteiger partial charge is 0.471 e. The first-order valence-corrected chi connectivity index (χ1v) is 6.69. The lowest BCUT2D eigenvalue weighted by atomic mass is 9.99. The molecule has 4 nitrogen and oxygen atoms in total. The topological polar surface area (TPSA) is 53.1 Å². The van der Waals surface area contributed by atoms with Crippen molar-refractivity contribution in [2.24, 2.45) is 0 Å². The maximum Gasteiger partial charge on any atom is 0.181 e. The minimum Gasteiger partial charge on any atom is -0.471 e. The van der Waals surface area contributed by atoms with Gasteiger partial charge in [-0.3, -0.25) is 0 Å². The molecule has 0 bridgehead atoms. The average molecular weight is 280 g/mol. The Morgan fingerprint density at radius 2 is 2.05 bits per heavy atom. The van der Waals surface area contributed by atoms with Crippen LogP contribution in [0.2, 0.25) is 5.02 Å². The summed E-state index contributed by atoms with van der Waals surface area (Å²) in [5.41, 5.74) is 6.88. The van der Waals surface area contributed by atoms with Gasteiger partial charge in [-0.25, -0.2) is 4.68 Å². The summed E-state index contributed by atoms with van der Waals surface area (Å²) < 4.78 is 7.18. The lowest BCUT2D eigenvalue weighted by Gasteiger charge is -2.10. The van der Waals surface area contributed by atoms with Crippen LogP contribution in [-0.4, -0.2) is 9.78 Å². The Bertz CT molecular complexity index is 517. The van der Waals surface area contributed by atoms with Gasteiger partial charge in [0.1, 0.15) is 10.8 Å². The van der Waals surface area contributed by atoms with Crippen LogP contribution in [0.3, 0.4) is 0 Å². The number of ether oxygens (including phenoxy) is 1. The number of nitrogen functional groups attached to an aromatic ring is 1. The number of anilines is 1. The Kier molecular flexibility index (Phi) is 4.32. The highest BCUT2D eigenvalue weighted by molar-refractivity contribution is 6.32. The summed E-state index contributed by atoms with van der Waals surface area (Å²) in [5.74, 6) is 1.69. The summed E-state index contributed by atoms with van der Waals surface area (Å²) in [5, 5.41) is 4.46. The molecule has 0 fully saturated rings. The van der Waals surface area contributed by atoms with E-state index in [1.807, 2.05) is 12.1 Å². The van der Waals surface area contributed by atoms with Gasteiger partial charge in [-0.05, 0) is 30.0 Å². The standard InChI is InChI=1S/C14H18ClN3O/c1-3-10(2)11-4-6-12(7-5-11)19-9-18-8-13(15)14(16)17-18/h4-8,10H,3,9H2,1-2H3,(H2,16,17). The Hall–Kier alpha value is -1.68. The molecule has 1 heterocycles. The molecule has 1 aromatic heterocycles. The van der Waals surface area contributed by atoms with Gasteiger partial charge in [0.05, 0.1) is 0 Å². The second-order valence-corrected chi connectivity index (χ2v) is 4.96. The first-order chi connectivity index (χ1) is 9.10. The summed E-state index contributed by atoms with van der Waals surface area (Å²) in [6.45, 7) is 4.69. The van der Waals surface area contributed by atoms with E-state index in [1.54, 1.807) is 10.9 Å². The summed E-state index contributed by atoms with van der Waals surface area (Å²) in [7, 11) is 0. The molecular formula is C14H18ClN3O. The maximum atomic E-state index is 5.82. The third-order valence-electron chi connectivity index (χ3n) is 3.17. The van der Waals surface area contributed by atoms with E-state index in [4.69, 9.17) is 22.1 Å². The molecule has 2 aromatic rings. The van der Waals surface area contributed by atoms with Crippen molar-refractivity contribution in [3.05, 3.63) is 41.0 Å². The maximum absolute atomic E-state index is 5.82. The molecule has 0 aliphatic carbocycles. The third kappa shape index (κ3) is 3.41. The molecule has 0 aliphatic heterocycles. The van der Waals surface area contributed by atoms with E-state index in [0.29, 0.717) is 23.5 Å². The number of rotatable bonds is 5. The molecular weight excluding hydrogens is 262 g/mol. The zero-order valence-electron chi connectivity index (χ0n) is 11.1. The number of hydrogen-bond donors (Lipinski definition) is 1. The van der Waals surface area contributed by atoms with Crippen LogP contribution in [-0.2, 0) is 6.73 Å². The van der Waals surface area contributed by atoms with Gasteiger partial charge >= 0.3 is 0 Å². The molecule has 1 aromatic carbocycles. The van der Waals surface area contributed by atoms with Gasteiger partial charge in [-0.2, -0.15) is 5.10 Å². The van der Waals surface area contributed by atoms with Gasteiger partial charge in [0.15, 0.2) is 12.5 Å². The SMILES string of the molecule is CCC(C)c1ccc(OCn2cc(Cl)c(N)n2)cc1. The van der Waals surface area contributed by atoms with E-state index in [2.05, 4.69) is 31.1 Å². The average Bonchev–Trinajstić information content (AvgIpc) is 2.75. The van der Waals surface area contributed by atoms with Crippen LogP contribution in [0.5, 0.6) is 5.75 Å². The third-order valence-corrected chi connectivity index (χ3v) is 3.46. The van der Waals surface area contributed by atoms with Crippen LogP contribution in [0.15, 0.2) is 30.5 Å². The van der Waals surface area contributed by atoms with Gasteiger partial charge in [-0.15, -0.1) is 0 Å². The second-order valence-electron chi connectivity index (χ2n) is 4.55. The zero-order valence-corrected chi connectivity index (χ0v) is 11.9. The van der Waals surface area contributed by atoms with Crippen molar-refractivity contribution in [3.8, 4) is 5.75 Å².